The minimum absolute atomic E-state index is 0.178. The fraction of sp³-hybridized carbons (Fsp3) is 0.357. The smallest absolute Gasteiger partial charge is 0.246 e. The SMILES string of the molecule is CC1CC(=O)N(CC(=O)N(C)c2ccc(N)cc2)C1=O. The number of likely N-dealkylation sites (tertiary alicyclic amines) is 1. The normalized spacial score (nSPS) is 18.5. The van der Waals surface area contributed by atoms with Crippen LogP contribution in [0.4, 0.5) is 11.4 Å². The van der Waals surface area contributed by atoms with Crippen LogP contribution in [0.25, 0.3) is 0 Å². The molecule has 1 aromatic rings. The van der Waals surface area contributed by atoms with Crippen LogP contribution < -0.4 is 10.6 Å². The van der Waals surface area contributed by atoms with E-state index in [-0.39, 0.29) is 36.6 Å². The fourth-order valence-electron chi connectivity index (χ4n) is 2.10. The number of carbonyl (C=O) groups is 3. The lowest BCUT2D eigenvalue weighted by atomic mass is 10.1. The predicted molar refractivity (Wildman–Crippen MR) is 74.8 cm³/mol. The first kappa shape index (κ1) is 14.0. The molecule has 106 valence electrons. The zero-order chi connectivity index (χ0) is 14.9. The van der Waals surface area contributed by atoms with Gasteiger partial charge in [-0.15, -0.1) is 0 Å². The Morgan fingerprint density at radius 2 is 1.95 bits per heavy atom. The summed E-state index contributed by atoms with van der Waals surface area (Å²) in [6.07, 6.45) is 0.178. The lowest BCUT2D eigenvalue weighted by Gasteiger charge is -2.21. The Morgan fingerprint density at radius 3 is 2.45 bits per heavy atom. The van der Waals surface area contributed by atoms with E-state index in [2.05, 4.69) is 0 Å². The molecule has 1 saturated heterocycles. The first-order valence-corrected chi connectivity index (χ1v) is 6.36. The highest BCUT2D eigenvalue weighted by Crippen LogP contribution is 2.20. The third kappa shape index (κ3) is 2.64. The summed E-state index contributed by atoms with van der Waals surface area (Å²) in [7, 11) is 1.60. The zero-order valence-corrected chi connectivity index (χ0v) is 11.5. The van der Waals surface area contributed by atoms with Gasteiger partial charge in [-0.1, -0.05) is 6.92 Å². The average Bonchev–Trinajstić information content (AvgIpc) is 2.65. The molecule has 0 aromatic heterocycles. The molecule has 6 heteroatoms. The van der Waals surface area contributed by atoms with Gasteiger partial charge in [0, 0.05) is 30.8 Å². The van der Waals surface area contributed by atoms with Crippen molar-refractivity contribution in [3.63, 3.8) is 0 Å². The first-order valence-electron chi connectivity index (χ1n) is 6.36. The second-order valence-electron chi connectivity index (χ2n) is 4.97. The quantitative estimate of drug-likeness (QED) is 0.647. The van der Waals surface area contributed by atoms with Crippen molar-refractivity contribution in [1.29, 1.82) is 0 Å². The van der Waals surface area contributed by atoms with E-state index in [1.165, 1.54) is 4.90 Å². The lowest BCUT2D eigenvalue weighted by Crippen LogP contribution is -2.41. The Balaban J connectivity index is 2.06. The van der Waals surface area contributed by atoms with Gasteiger partial charge in [0.25, 0.3) is 0 Å². The highest BCUT2D eigenvalue weighted by Gasteiger charge is 2.37. The van der Waals surface area contributed by atoms with Crippen LogP contribution in [0, 0.1) is 5.92 Å². The monoisotopic (exact) mass is 275 g/mol. The van der Waals surface area contributed by atoms with Crippen molar-refractivity contribution in [2.24, 2.45) is 5.92 Å². The number of hydrogen-bond donors (Lipinski definition) is 1. The molecule has 1 heterocycles. The molecule has 1 aromatic carbocycles. The molecule has 1 aliphatic heterocycles. The van der Waals surface area contributed by atoms with Crippen LogP contribution >= 0.6 is 0 Å². The summed E-state index contributed by atoms with van der Waals surface area (Å²) in [6.45, 7) is 1.47. The topological polar surface area (TPSA) is 83.7 Å². The van der Waals surface area contributed by atoms with Crippen molar-refractivity contribution in [3.05, 3.63) is 24.3 Å². The first-order chi connectivity index (χ1) is 9.40. The number of likely N-dealkylation sites (N-methyl/N-ethyl adjacent to an activating group) is 1. The largest absolute Gasteiger partial charge is 0.399 e. The van der Waals surface area contributed by atoms with Crippen LogP contribution in [0.2, 0.25) is 0 Å². The number of carbonyl (C=O) groups excluding carboxylic acids is 3. The van der Waals surface area contributed by atoms with Crippen molar-refractivity contribution in [3.8, 4) is 0 Å². The molecule has 2 N–H and O–H groups in total. The van der Waals surface area contributed by atoms with Crippen molar-refractivity contribution in [2.45, 2.75) is 13.3 Å². The summed E-state index contributed by atoms with van der Waals surface area (Å²) in [5.74, 6) is -1.22. The number of benzene rings is 1. The second kappa shape index (κ2) is 5.32. The van der Waals surface area contributed by atoms with Gasteiger partial charge in [-0.25, -0.2) is 0 Å². The number of hydrogen-bond acceptors (Lipinski definition) is 4. The minimum Gasteiger partial charge on any atom is -0.399 e. The van der Waals surface area contributed by atoms with E-state index in [4.69, 9.17) is 5.73 Å². The van der Waals surface area contributed by atoms with Gasteiger partial charge in [0.05, 0.1) is 0 Å². The Labute approximate surface area is 117 Å². The molecule has 0 aliphatic carbocycles. The number of imide groups is 1. The van der Waals surface area contributed by atoms with Gasteiger partial charge in [-0.05, 0) is 24.3 Å². The predicted octanol–water partition coefficient (Wildman–Crippen LogP) is 0.627. The zero-order valence-electron chi connectivity index (χ0n) is 11.5. The molecule has 2 rings (SSSR count). The molecule has 0 radical (unpaired) electrons. The molecule has 1 fully saturated rings. The molecule has 0 spiro atoms. The Hall–Kier alpha value is -2.37. The summed E-state index contributed by atoms with van der Waals surface area (Å²) >= 11 is 0. The number of rotatable bonds is 3. The number of nitrogen functional groups attached to an aromatic ring is 1. The van der Waals surface area contributed by atoms with Gasteiger partial charge in [-0.3, -0.25) is 19.3 Å². The number of nitrogens with two attached hydrogens (primary N) is 1. The molecule has 1 aliphatic rings. The van der Waals surface area contributed by atoms with Crippen molar-refractivity contribution in [2.75, 3.05) is 24.2 Å². The molecule has 20 heavy (non-hydrogen) atoms. The van der Waals surface area contributed by atoms with E-state index in [0.717, 1.165) is 4.90 Å². The molecule has 6 nitrogen and oxygen atoms in total. The van der Waals surface area contributed by atoms with E-state index < -0.39 is 0 Å². The van der Waals surface area contributed by atoms with Crippen LogP contribution in [0.1, 0.15) is 13.3 Å². The van der Waals surface area contributed by atoms with Crippen molar-refractivity contribution < 1.29 is 14.4 Å². The Kier molecular flexibility index (Phi) is 3.74. The Bertz CT molecular complexity index is 553. The summed E-state index contributed by atoms with van der Waals surface area (Å²) < 4.78 is 0. The van der Waals surface area contributed by atoms with E-state index in [1.54, 1.807) is 38.2 Å². The fourth-order valence-corrected chi connectivity index (χ4v) is 2.10. The van der Waals surface area contributed by atoms with Gasteiger partial charge in [0.2, 0.25) is 17.7 Å². The van der Waals surface area contributed by atoms with Crippen molar-refractivity contribution >= 4 is 29.1 Å². The standard InChI is InChI=1S/C14H17N3O3/c1-9-7-12(18)17(14(9)20)8-13(19)16(2)11-5-3-10(15)4-6-11/h3-6,9H,7-8,15H2,1-2H3. The molecule has 0 saturated carbocycles. The third-order valence-electron chi connectivity index (χ3n) is 3.42. The maximum Gasteiger partial charge on any atom is 0.246 e. The summed E-state index contributed by atoms with van der Waals surface area (Å²) in [5, 5.41) is 0. The summed E-state index contributed by atoms with van der Waals surface area (Å²) in [5.41, 5.74) is 6.85. The van der Waals surface area contributed by atoms with Crippen molar-refractivity contribution in [1.82, 2.24) is 4.90 Å². The van der Waals surface area contributed by atoms with Gasteiger partial charge in [0.15, 0.2) is 0 Å². The van der Waals surface area contributed by atoms with Crippen LogP contribution in [0.5, 0.6) is 0 Å². The number of anilines is 2. The molecular formula is C14H17N3O3. The van der Waals surface area contributed by atoms with Gasteiger partial charge >= 0.3 is 0 Å². The molecule has 0 bridgehead atoms. The van der Waals surface area contributed by atoms with Gasteiger partial charge < -0.3 is 10.6 Å². The highest BCUT2D eigenvalue weighted by atomic mass is 16.2. The van der Waals surface area contributed by atoms with Gasteiger partial charge in [-0.2, -0.15) is 0 Å². The van der Waals surface area contributed by atoms with Crippen LogP contribution in [-0.2, 0) is 14.4 Å². The van der Waals surface area contributed by atoms with E-state index >= 15 is 0 Å². The van der Waals surface area contributed by atoms with E-state index in [9.17, 15) is 14.4 Å². The average molecular weight is 275 g/mol. The third-order valence-corrected chi connectivity index (χ3v) is 3.42. The molecule has 3 amide bonds. The molecule has 1 unspecified atom stereocenters. The van der Waals surface area contributed by atoms with E-state index in [0.29, 0.717) is 11.4 Å². The molecule has 1 atom stereocenters. The lowest BCUT2D eigenvalue weighted by molar-refractivity contribution is -0.142. The molecular weight excluding hydrogens is 258 g/mol. The number of nitrogens with zero attached hydrogens (tertiary/aromatic N) is 2. The maximum absolute atomic E-state index is 12.1. The van der Waals surface area contributed by atoms with Crippen LogP contribution in [0.3, 0.4) is 0 Å². The summed E-state index contributed by atoms with van der Waals surface area (Å²) in [6, 6.07) is 6.80. The van der Waals surface area contributed by atoms with Gasteiger partial charge in [0.1, 0.15) is 6.54 Å². The number of amides is 3. The minimum atomic E-state index is -0.336. The summed E-state index contributed by atoms with van der Waals surface area (Å²) in [4.78, 5) is 38.0. The van der Waals surface area contributed by atoms with E-state index in [1.807, 2.05) is 0 Å². The highest BCUT2D eigenvalue weighted by molar-refractivity contribution is 6.07. The Morgan fingerprint density at radius 1 is 1.35 bits per heavy atom. The maximum atomic E-state index is 12.1. The van der Waals surface area contributed by atoms with Crippen LogP contribution in [0.15, 0.2) is 24.3 Å². The second-order valence-corrected chi connectivity index (χ2v) is 4.97. The van der Waals surface area contributed by atoms with Crippen LogP contribution in [-0.4, -0.2) is 36.2 Å².